The van der Waals surface area contributed by atoms with E-state index in [4.69, 9.17) is 0 Å². The molecule has 78 valence electrons. The zero-order chi connectivity index (χ0) is 10.3. The predicted octanol–water partition coefficient (Wildman–Crippen LogP) is 0.128. The van der Waals surface area contributed by atoms with Crippen LogP contribution in [-0.4, -0.2) is 30.5 Å². The van der Waals surface area contributed by atoms with Crippen LogP contribution in [0.4, 0.5) is 0 Å². The van der Waals surface area contributed by atoms with Gasteiger partial charge in [-0.05, 0) is 17.5 Å². The molecule has 1 amide bonds. The van der Waals surface area contributed by atoms with E-state index >= 15 is 0 Å². The van der Waals surface area contributed by atoms with Crippen molar-refractivity contribution in [2.45, 2.75) is 5.92 Å². The minimum absolute atomic E-state index is 0.0278. The summed E-state index contributed by atoms with van der Waals surface area (Å²) < 4.78 is 0. The number of fused-ring (bicyclic) bond motifs is 3. The molecule has 1 saturated heterocycles. The first-order valence-corrected chi connectivity index (χ1v) is 5.30. The highest BCUT2D eigenvalue weighted by Gasteiger charge is 2.34. The van der Waals surface area contributed by atoms with Crippen molar-refractivity contribution < 1.29 is 4.79 Å². The minimum Gasteiger partial charge on any atom is -0.350 e. The molecule has 0 saturated carbocycles. The normalized spacial score (nSPS) is 28.9. The summed E-state index contributed by atoms with van der Waals surface area (Å²) in [6, 6.07) is 3.94. The van der Waals surface area contributed by atoms with Crippen molar-refractivity contribution in [2.24, 2.45) is 5.92 Å². The van der Waals surface area contributed by atoms with Gasteiger partial charge in [0, 0.05) is 31.7 Å². The number of nitrogens with one attached hydrogen (secondary N) is 2. The highest BCUT2D eigenvalue weighted by atomic mass is 16.1. The summed E-state index contributed by atoms with van der Waals surface area (Å²) in [5, 5.41) is 6.30. The number of aromatic nitrogens is 1. The lowest BCUT2D eigenvalue weighted by Gasteiger charge is -2.15. The molecule has 0 spiro atoms. The molecule has 2 atom stereocenters. The SMILES string of the molecule is O=C1NC[C@@H]2CNC[C@H]2c2cccnc21. The van der Waals surface area contributed by atoms with Gasteiger partial charge >= 0.3 is 0 Å². The van der Waals surface area contributed by atoms with E-state index in [0.29, 0.717) is 17.5 Å². The van der Waals surface area contributed by atoms with E-state index in [1.807, 2.05) is 12.1 Å². The molecule has 0 bridgehead atoms. The van der Waals surface area contributed by atoms with Gasteiger partial charge in [-0.15, -0.1) is 0 Å². The number of carbonyl (C=O) groups is 1. The molecule has 2 aliphatic heterocycles. The Labute approximate surface area is 88.1 Å². The molecule has 1 fully saturated rings. The van der Waals surface area contributed by atoms with Gasteiger partial charge in [-0.3, -0.25) is 9.78 Å². The summed E-state index contributed by atoms with van der Waals surface area (Å²) in [5.41, 5.74) is 1.70. The Morgan fingerprint density at radius 1 is 1.33 bits per heavy atom. The van der Waals surface area contributed by atoms with Gasteiger partial charge in [0.1, 0.15) is 5.69 Å². The zero-order valence-electron chi connectivity index (χ0n) is 8.36. The van der Waals surface area contributed by atoms with Crippen LogP contribution in [-0.2, 0) is 0 Å². The summed E-state index contributed by atoms with van der Waals surface area (Å²) in [6.07, 6.45) is 1.68. The molecule has 0 aliphatic carbocycles. The molecular weight excluding hydrogens is 190 g/mol. The van der Waals surface area contributed by atoms with E-state index in [9.17, 15) is 4.79 Å². The van der Waals surface area contributed by atoms with Gasteiger partial charge in [-0.2, -0.15) is 0 Å². The van der Waals surface area contributed by atoms with Crippen molar-refractivity contribution in [1.29, 1.82) is 0 Å². The third-order valence-corrected chi connectivity index (χ3v) is 3.32. The summed E-state index contributed by atoms with van der Waals surface area (Å²) in [4.78, 5) is 15.9. The number of hydrogen-bond donors (Lipinski definition) is 2. The monoisotopic (exact) mass is 203 g/mol. The zero-order valence-corrected chi connectivity index (χ0v) is 8.36. The maximum Gasteiger partial charge on any atom is 0.270 e. The molecule has 4 heteroatoms. The number of carbonyl (C=O) groups excluding carboxylic acids is 1. The molecule has 0 radical (unpaired) electrons. The average Bonchev–Trinajstić information content (AvgIpc) is 2.69. The summed E-state index contributed by atoms with van der Waals surface area (Å²) >= 11 is 0. The van der Waals surface area contributed by atoms with Crippen LogP contribution in [0.2, 0.25) is 0 Å². The third-order valence-electron chi connectivity index (χ3n) is 3.32. The Bertz CT molecular complexity index is 405. The van der Waals surface area contributed by atoms with Crippen LogP contribution >= 0.6 is 0 Å². The fourth-order valence-corrected chi connectivity index (χ4v) is 2.53. The molecule has 3 heterocycles. The van der Waals surface area contributed by atoms with Gasteiger partial charge in [0.2, 0.25) is 0 Å². The van der Waals surface area contributed by atoms with Crippen molar-refractivity contribution >= 4 is 5.91 Å². The van der Waals surface area contributed by atoms with Gasteiger partial charge in [-0.25, -0.2) is 0 Å². The predicted molar refractivity (Wildman–Crippen MR) is 55.7 cm³/mol. The van der Waals surface area contributed by atoms with Crippen molar-refractivity contribution in [1.82, 2.24) is 15.6 Å². The summed E-state index contributed by atoms with van der Waals surface area (Å²) in [5.74, 6) is 0.923. The fraction of sp³-hybridized carbons (Fsp3) is 0.455. The smallest absolute Gasteiger partial charge is 0.270 e. The van der Waals surface area contributed by atoms with Crippen LogP contribution in [0.1, 0.15) is 22.0 Å². The highest BCUT2D eigenvalue weighted by molar-refractivity contribution is 5.94. The van der Waals surface area contributed by atoms with Gasteiger partial charge in [0.25, 0.3) is 5.91 Å². The molecular formula is C11H13N3O. The summed E-state index contributed by atoms with van der Waals surface area (Å²) in [7, 11) is 0. The molecule has 0 aromatic carbocycles. The second-order valence-electron chi connectivity index (χ2n) is 4.18. The molecule has 1 aromatic rings. The van der Waals surface area contributed by atoms with Gasteiger partial charge in [0.05, 0.1) is 0 Å². The molecule has 1 aromatic heterocycles. The van der Waals surface area contributed by atoms with E-state index in [0.717, 1.165) is 25.2 Å². The molecule has 4 nitrogen and oxygen atoms in total. The molecule has 3 rings (SSSR count). The van der Waals surface area contributed by atoms with E-state index in [1.165, 1.54) is 0 Å². The van der Waals surface area contributed by atoms with Crippen molar-refractivity contribution in [3.63, 3.8) is 0 Å². The Hall–Kier alpha value is -1.42. The van der Waals surface area contributed by atoms with E-state index in [2.05, 4.69) is 15.6 Å². The minimum atomic E-state index is -0.0278. The van der Waals surface area contributed by atoms with Gasteiger partial charge in [-0.1, -0.05) is 6.07 Å². The Kier molecular flexibility index (Phi) is 1.95. The van der Waals surface area contributed by atoms with Crippen LogP contribution < -0.4 is 10.6 Å². The number of amides is 1. The Morgan fingerprint density at radius 3 is 3.20 bits per heavy atom. The number of hydrogen-bond acceptors (Lipinski definition) is 3. The molecule has 0 unspecified atom stereocenters. The maximum atomic E-state index is 11.7. The fourth-order valence-electron chi connectivity index (χ4n) is 2.53. The van der Waals surface area contributed by atoms with Crippen LogP contribution in [0.5, 0.6) is 0 Å². The lowest BCUT2D eigenvalue weighted by atomic mass is 9.89. The molecule has 2 aliphatic rings. The molecule has 2 N–H and O–H groups in total. The van der Waals surface area contributed by atoms with Crippen molar-refractivity contribution in [3.8, 4) is 0 Å². The second-order valence-corrected chi connectivity index (χ2v) is 4.18. The third kappa shape index (κ3) is 1.33. The van der Waals surface area contributed by atoms with Crippen LogP contribution in [0.3, 0.4) is 0 Å². The Morgan fingerprint density at radius 2 is 2.27 bits per heavy atom. The molecule has 15 heavy (non-hydrogen) atoms. The maximum absolute atomic E-state index is 11.7. The number of nitrogens with zero attached hydrogens (tertiary/aromatic N) is 1. The van der Waals surface area contributed by atoms with Crippen LogP contribution in [0.15, 0.2) is 18.3 Å². The second kappa shape index (κ2) is 3.31. The lowest BCUT2D eigenvalue weighted by Crippen LogP contribution is -2.29. The first kappa shape index (κ1) is 8.85. The average molecular weight is 203 g/mol. The highest BCUT2D eigenvalue weighted by Crippen LogP contribution is 2.31. The largest absolute Gasteiger partial charge is 0.350 e. The Balaban J connectivity index is 2.11. The van der Waals surface area contributed by atoms with E-state index in [-0.39, 0.29) is 5.91 Å². The van der Waals surface area contributed by atoms with Gasteiger partial charge in [0.15, 0.2) is 0 Å². The van der Waals surface area contributed by atoms with Crippen LogP contribution in [0, 0.1) is 5.92 Å². The van der Waals surface area contributed by atoms with Crippen LogP contribution in [0.25, 0.3) is 0 Å². The number of rotatable bonds is 0. The van der Waals surface area contributed by atoms with E-state index in [1.54, 1.807) is 6.20 Å². The van der Waals surface area contributed by atoms with Gasteiger partial charge < -0.3 is 10.6 Å². The first-order chi connectivity index (χ1) is 7.36. The summed E-state index contributed by atoms with van der Waals surface area (Å²) in [6.45, 7) is 2.70. The lowest BCUT2D eigenvalue weighted by molar-refractivity contribution is 0.0947. The van der Waals surface area contributed by atoms with Crippen molar-refractivity contribution in [3.05, 3.63) is 29.6 Å². The quantitative estimate of drug-likeness (QED) is 0.630. The number of pyridine rings is 1. The first-order valence-electron chi connectivity index (χ1n) is 5.30. The van der Waals surface area contributed by atoms with Crippen molar-refractivity contribution in [2.75, 3.05) is 19.6 Å². The topological polar surface area (TPSA) is 54.0 Å². The standard InChI is InChI=1S/C11H13N3O/c15-11-10-8(2-1-3-13-10)9-6-12-4-7(9)5-14-11/h1-3,7,9,12H,4-6H2,(H,14,15)/t7-,9+/m0/s1. The van der Waals surface area contributed by atoms with E-state index < -0.39 is 0 Å².